The Morgan fingerprint density at radius 3 is 1.85 bits per heavy atom. The summed E-state index contributed by atoms with van der Waals surface area (Å²) >= 11 is 0. The minimum absolute atomic E-state index is 0.168. The first kappa shape index (κ1) is 59.9. The molecule has 0 aromatic heterocycles. The van der Waals surface area contributed by atoms with E-state index >= 15 is 0 Å². The van der Waals surface area contributed by atoms with Crippen molar-refractivity contribution in [2.75, 3.05) is 20.8 Å². The van der Waals surface area contributed by atoms with Crippen LogP contribution in [0.1, 0.15) is 78.7 Å². The molecule has 0 saturated carbocycles. The molecule has 0 aliphatic carbocycles. The van der Waals surface area contributed by atoms with Crippen LogP contribution in [0.5, 0.6) is 0 Å². The van der Waals surface area contributed by atoms with Gasteiger partial charge in [-0.2, -0.15) is 0 Å². The largest absolute Gasteiger partial charge is 0.481 e. The summed E-state index contributed by atoms with van der Waals surface area (Å²) in [4.78, 5) is 144. The summed E-state index contributed by atoms with van der Waals surface area (Å²) in [5.41, 5.74) is 1.68. The van der Waals surface area contributed by atoms with Crippen molar-refractivity contribution in [3.63, 3.8) is 0 Å². The van der Waals surface area contributed by atoms with Gasteiger partial charge in [-0.1, -0.05) is 74.9 Å². The van der Waals surface area contributed by atoms with E-state index in [9.17, 15) is 73.2 Å². The summed E-state index contributed by atoms with van der Waals surface area (Å²) < 4.78 is 10.5. The van der Waals surface area contributed by atoms with Crippen LogP contribution in [0.4, 0.5) is 0 Å². The molecule has 3 unspecified atom stereocenters. The minimum Gasteiger partial charge on any atom is -0.481 e. The van der Waals surface area contributed by atoms with Gasteiger partial charge < -0.3 is 67.1 Å². The molecule has 0 spiro atoms. The number of amides is 7. The molecule has 1 aliphatic rings. The van der Waals surface area contributed by atoms with Gasteiger partial charge in [0.25, 0.3) is 0 Å². The van der Waals surface area contributed by atoms with Crippen molar-refractivity contribution in [1.82, 2.24) is 37.2 Å². The number of hydrogen-bond donors (Lipinski definition) is 11. The topological polar surface area (TPSA) is 371 Å². The molecule has 1 saturated heterocycles. The van der Waals surface area contributed by atoms with Crippen molar-refractivity contribution in [3.8, 4) is 0 Å². The van der Waals surface area contributed by atoms with Crippen LogP contribution in [-0.2, 0) is 68.6 Å². The molecule has 1 aliphatic heterocycles. The average Bonchev–Trinajstić information content (AvgIpc) is 3.32. The second kappa shape index (κ2) is 29.7. The lowest BCUT2D eigenvalue weighted by atomic mass is 9.94. The van der Waals surface area contributed by atoms with Gasteiger partial charge in [0.05, 0.1) is 37.7 Å². The summed E-state index contributed by atoms with van der Waals surface area (Å²) in [6.07, 6.45) is 1.85. The van der Waals surface area contributed by atoms with Gasteiger partial charge in [-0.25, -0.2) is 9.59 Å². The maximum atomic E-state index is 14.2. The second-order valence-electron chi connectivity index (χ2n) is 17.2. The molecule has 1 aromatic rings. The highest BCUT2D eigenvalue weighted by atomic mass is 16.5. The highest BCUT2D eigenvalue weighted by molar-refractivity contribution is 5.97. The van der Waals surface area contributed by atoms with Crippen LogP contribution < -0.4 is 37.2 Å². The molecule has 1 aromatic carbocycles. The number of esters is 1. The number of aliphatic carboxylic acids is 3. The monoisotopic (exact) mass is 1000 g/mol. The van der Waals surface area contributed by atoms with Crippen LogP contribution in [0, 0.1) is 17.8 Å². The SMILES string of the molecule is COC(=O)CC[C@@H]1NC(=O)C(C)[C@H](C(=O)O)NC(=O)[C@H](CCC(=O)O)NC(=O)[C@@H](C)NC(=O)C(CO)NC(=O)CC[C@H](C(=O)O)NC(=O)[C@@H](C)C(/C=C/C(C)=C/[C@H](C)[C@H](Cc2ccccc2)OC)NC1=O. The van der Waals surface area contributed by atoms with Gasteiger partial charge in [0.15, 0.2) is 0 Å². The van der Waals surface area contributed by atoms with E-state index in [-0.39, 0.29) is 12.0 Å². The molecule has 0 bridgehead atoms. The lowest BCUT2D eigenvalue weighted by Gasteiger charge is -2.28. The zero-order chi connectivity index (χ0) is 53.5. The Hall–Kier alpha value is -7.21. The zero-order valence-corrected chi connectivity index (χ0v) is 40.7. The van der Waals surface area contributed by atoms with Crippen molar-refractivity contribution < 1.29 is 82.6 Å². The number of methoxy groups -OCH3 is 2. The molecule has 11 N–H and O–H groups in total. The van der Waals surface area contributed by atoms with E-state index < -0.39 is 164 Å². The van der Waals surface area contributed by atoms with E-state index in [1.165, 1.54) is 13.0 Å². The van der Waals surface area contributed by atoms with Crippen LogP contribution in [0.2, 0.25) is 0 Å². The molecular formula is C47H67N7O17. The van der Waals surface area contributed by atoms with Gasteiger partial charge in [0.2, 0.25) is 41.4 Å². The van der Waals surface area contributed by atoms with E-state index in [0.717, 1.165) is 26.5 Å². The van der Waals surface area contributed by atoms with Crippen LogP contribution in [0.15, 0.2) is 54.1 Å². The van der Waals surface area contributed by atoms with Gasteiger partial charge in [-0.15, -0.1) is 0 Å². The van der Waals surface area contributed by atoms with Crippen molar-refractivity contribution in [2.45, 2.75) is 128 Å². The lowest BCUT2D eigenvalue weighted by molar-refractivity contribution is -0.147. The molecule has 7 amide bonds. The van der Waals surface area contributed by atoms with Gasteiger partial charge >= 0.3 is 23.9 Å². The maximum Gasteiger partial charge on any atom is 0.327 e. The minimum atomic E-state index is -2.08. The highest BCUT2D eigenvalue weighted by Gasteiger charge is 2.38. The molecular weight excluding hydrogens is 935 g/mol. The number of rotatable bonds is 16. The molecule has 1 fully saturated rings. The van der Waals surface area contributed by atoms with Gasteiger partial charge in [-0.3, -0.25) is 43.2 Å². The number of aliphatic hydroxyl groups excluding tert-OH is 1. The van der Waals surface area contributed by atoms with Gasteiger partial charge in [0, 0.05) is 32.3 Å². The molecule has 24 heteroatoms. The van der Waals surface area contributed by atoms with E-state index in [0.29, 0.717) is 12.0 Å². The predicted octanol–water partition coefficient (Wildman–Crippen LogP) is -1.16. The number of aliphatic hydroxyl groups is 1. The molecule has 392 valence electrons. The summed E-state index contributed by atoms with van der Waals surface area (Å²) in [6.45, 7) is 6.23. The maximum absolute atomic E-state index is 14.2. The third kappa shape index (κ3) is 20.3. The molecule has 1 heterocycles. The standard InChI is InChI=1S/C47H67N7O17/c1-24(21-25(2)35(70-6)22-29-11-9-8-10-12-29)13-14-30-26(3)40(60)53-33(46(66)67)15-18-36(56)49-34(23-55)45(65)48-28(5)42(62)52-31(16-19-37(57)58)44(64)54-39(47(68)69)27(4)41(61)51-32(43(63)50-30)17-20-38(59)71-7/h8-14,21,25-28,30-35,39,55H,15-20,22-23H2,1-7H3,(H,48,65)(H,49,56)(H,50,63)(H,51,61)(H,52,62)(H,53,60)(H,54,64)(H,57,58)(H,66,67)(H,68,69)/b14-13+,24-21+/t25-,26-,27?,28+,30?,31-,32-,33+,34?,35-,39+/m0/s1. The van der Waals surface area contributed by atoms with Crippen LogP contribution in [0.25, 0.3) is 0 Å². The molecule has 11 atom stereocenters. The Morgan fingerprint density at radius 2 is 1.28 bits per heavy atom. The first-order chi connectivity index (χ1) is 33.4. The van der Waals surface area contributed by atoms with Crippen LogP contribution >= 0.6 is 0 Å². The number of carbonyl (C=O) groups is 11. The van der Waals surface area contributed by atoms with E-state index in [1.807, 2.05) is 43.3 Å². The number of carboxylic acids is 3. The molecule has 24 nitrogen and oxygen atoms in total. The second-order valence-corrected chi connectivity index (χ2v) is 17.2. The fourth-order valence-corrected chi connectivity index (χ4v) is 7.18. The third-order valence-corrected chi connectivity index (χ3v) is 11.6. The number of ether oxygens (including phenoxy) is 2. The number of hydrogen-bond acceptors (Lipinski definition) is 14. The van der Waals surface area contributed by atoms with E-state index in [4.69, 9.17) is 9.47 Å². The highest BCUT2D eigenvalue weighted by Crippen LogP contribution is 2.18. The average molecular weight is 1000 g/mol. The first-order valence-electron chi connectivity index (χ1n) is 22.8. The van der Waals surface area contributed by atoms with Crippen molar-refractivity contribution in [1.29, 1.82) is 0 Å². The van der Waals surface area contributed by atoms with Crippen molar-refractivity contribution in [3.05, 3.63) is 59.7 Å². The Balaban J connectivity index is 2.72. The summed E-state index contributed by atoms with van der Waals surface area (Å²) in [7, 11) is 2.65. The summed E-state index contributed by atoms with van der Waals surface area (Å²) in [6, 6.07) is -2.10. The Bertz CT molecular complexity index is 2130. The predicted molar refractivity (Wildman–Crippen MR) is 250 cm³/mol. The number of nitrogens with one attached hydrogen (secondary N) is 7. The molecule has 71 heavy (non-hydrogen) atoms. The number of carbonyl (C=O) groups excluding carboxylic acids is 8. The zero-order valence-electron chi connectivity index (χ0n) is 40.7. The summed E-state index contributed by atoms with van der Waals surface area (Å²) in [5.74, 6) is -16.2. The Morgan fingerprint density at radius 1 is 0.704 bits per heavy atom. The van der Waals surface area contributed by atoms with Crippen LogP contribution in [0.3, 0.4) is 0 Å². The fourth-order valence-electron chi connectivity index (χ4n) is 7.18. The smallest absolute Gasteiger partial charge is 0.327 e. The van der Waals surface area contributed by atoms with E-state index in [1.54, 1.807) is 20.1 Å². The van der Waals surface area contributed by atoms with Crippen molar-refractivity contribution in [2.24, 2.45) is 17.8 Å². The quantitative estimate of drug-likeness (QED) is 0.0687. The number of benzene rings is 1. The van der Waals surface area contributed by atoms with E-state index in [2.05, 4.69) is 37.2 Å². The third-order valence-electron chi connectivity index (χ3n) is 11.6. The lowest BCUT2D eigenvalue weighted by Crippen LogP contribution is -2.59. The fraction of sp³-hybridized carbons (Fsp3) is 0.553. The van der Waals surface area contributed by atoms with Crippen molar-refractivity contribution >= 4 is 65.2 Å². The Kier molecular flexibility index (Phi) is 25.1. The molecule has 0 radical (unpaired) electrons. The van der Waals surface area contributed by atoms with Gasteiger partial charge in [-0.05, 0) is 45.1 Å². The normalized spacial score (nSPS) is 26.1. The first-order valence-corrected chi connectivity index (χ1v) is 22.8. The van der Waals surface area contributed by atoms with Gasteiger partial charge in [0.1, 0.15) is 36.3 Å². The number of carboxylic acid groups (broad SMARTS) is 3. The van der Waals surface area contributed by atoms with Crippen LogP contribution in [-0.4, -0.2) is 155 Å². The Labute approximate surface area is 410 Å². The number of allylic oxidation sites excluding steroid dienone is 2. The molecule has 2 rings (SSSR count). The summed E-state index contributed by atoms with van der Waals surface area (Å²) in [5, 5.41) is 55.7.